The number of carboxylic acids is 1. The zero-order chi connectivity index (χ0) is 28.1. The van der Waals surface area contributed by atoms with Gasteiger partial charge in [-0.15, -0.1) is 11.3 Å². The second kappa shape index (κ2) is 10.4. The highest BCUT2D eigenvalue weighted by Gasteiger charge is 2.40. The Kier molecular flexibility index (Phi) is 6.91. The minimum Gasteiger partial charge on any atom is -0.481 e. The fraction of sp³-hybridized carbons (Fsp3) is 0.370. The van der Waals surface area contributed by atoms with Crippen molar-refractivity contribution in [3.8, 4) is 0 Å². The molecule has 2 N–H and O–H groups in total. The molecule has 13 heteroatoms. The first-order valence-electron chi connectivity index (χ1n) is 12.7. The molecule has 1 aromatic carbocycles. The lowest BCUT2D eigenvalue weighted by molar-refractivity contribution is -0.146. The number of carbonyl (C=O) groups is 2. The number of esters is 1. The molecular formula is C27H24ClF2N5O4S. The molecule has 2 atom stereocenters. The molecular weight excluding hydrogens is 564 g/mol. The zero-order valence-electron chi connectivity index (χ0n) is 21.2. The molecule has 2 unspecified atom stereocenters. The molecule has 2 aromatic heterocycles. The summed E-state index contributed by atoms with van der Waals surface area (Å²) in [6.07, 6.45) is 6.52. The van der Waals surface area contributed by atoms with Crippen molar-refractivity contribution < 1.29 is 28.2 Å². The number of nitrogens with one attached hydrogen (secondary N) is 1. The van der Waals surface area contributed by atoms with E-state index in [1.165, 1.54) is 24.5 Å². The normalized spacial score (nSPS) is 24.1. The van der Waals surface area contributed by atoms with Crippen molar-refractivity contribution in [2.45, 2.75) is 44.2 Å². The van der Waals surface area contributed by atoms with Crippen LogP contribution in [-0.2, 0) is 27.2 Å². The number of fused-ring (bicyclic) bond motifs is 1. The first-order valence-corrected chi connectivity index (χ1v) is 14.0. The number of aryl methyl sites for hydroxylation is 1. The number of aromatic nitrogens is 3. The zero-order valence-corrected chi connectivity index (χ0v) is 22.8. The molecule has 40 heavy (non-hydrogen) atoms. The van der Waals surface area contributed by atoms with Gasteiger partial charge in [0, 0.05) is 35.0 Å². The summed E-state index contributed by atoms with van der Waals surface area (Å²) in [4.78, 5) is 33.5. The third-order valence-corrected chi connectivity index (χ3v) is 8.97. The smallest absolute Gasteiger partial charge is 0.338 e. The molecule has 6 rings (SSSR count). The number of benzene rings is 1. The SMILES string of the molecule is COC(=O)C1=C(C2CCc3nn([C@H]4C[C@@H](C(=O)O)C4)cc3C2)NC(c2nccs2)=NC1c1ccc(F)c(F)c1Cl. The van der Waals surface area contributed by atoms with Gasteiger partial charge in [0.15, 0.2) is 22.5 Å². The molecule has 0 radical (unpaired) electrons. The predicted octanol–water partition coefficient (Wildman–Crippen LogP) is 4.63. The van der Waals surface area contributed by atoms with Gasteiger partial charge < -0.3 is 15.2 Å². The van der Waals surface area contributed by atoms with Crippen molar-refractivity contribution in [1.82, 2.24) is 20.1 Å². The molecule has 0 spiro atoms. The summed E-state index contributed by atoms with van der Waals surface area (Å²) in [6, 6.07) is 1.28. The Morgan fingerprint density at radius 3 is 2.77 bits per heavy atom. The maximum Gasteiger partial charge on any atom is 0.338 e. The van der Waals surface area contributed by atoms with Crippen LogP contribution in [0.1, 0.15) is 53.2 Å². The third-order valence-electron chi connectivity index (χ3n) is 7.81. The van der Waals surface area contributed by atoms with Crippen LogP contribution in [0.2, 0.25) is 5.02 Å². The van der Waals surface area contributed by atoms with Crippen LogP contribution in [0.3, 0.4) is 0 Å². The lowest BCUT2D eigenvalue weighted by atomic mass is 9.80. The number of ether oxygens (including phenoxy) is 1. The predicted molar refractivity (Wildman–Crippen MR) is 142 cm³/mol. The molecule has 9 nitrogen and oxygen atoms in total. The number of aliphatic imine (C=N–C) groups is 1. The monoisotopic (exact) mass is 587 g/mol. The number of aliphatic carboxylic acids is 1. The van der Waals surface area contributed by atoms with Crippen molar-refractivity contribution in [1.29, 1.82) is 0 Å². The molecule has 2 aliphatic carbocycles. The van der Waals surface area contributed by atoms with Crippen molar-refractivity contribution in [3.63, 3.8) is 0 Å². The van der Waals surface area contributed by atoms with Crippen molar-refractivity contribution in [3.05, 3.63) is 79.7 Å². The first kappa shape index (κ1) is 26.6. The second-order valence-electron chi connectivity index (χ2n) is 10.1. The lowest BCUT2D eigenvalue weighted by Gasteiger charge is -2.33. The summed E-state index contributed by atoms with van der Waals surface area (Å²) >= 11 is 7.60. The maximum atomic E-state index is 14.6. The van der Waals surface area contributed by atoms with Crippen molar-refractivity contribution >= 4 is 40.7 Å². The average molecular weight is 588 g/mol. The number of amidine groups is 1. The molecule has 3 aromatic rings. The van der Waals surface area contributed by atoms with Crippen LogP contribution in [-0.4, -0.2) is 44.8 Å². The maximum absolute atomic E-state index is 14.6. The van der Waals surface area contributed by atoms with Crippen LogP contribution >= 0.6 is 22.9 Å². The Hall–Kier alpha value is -3.64. The Morgan fingerprint density at radius 1 is 1.27 bits per heavy atom. The van der Waals surface area contributed by atoms with Crippen LogP contribution < -0.4 is 5.32 Å². The van der Waals surface area contributed by atoms with Gasteiger partial charge >= 0.3 is 11.9 Å². The van der Waals surface area contributed by atoms with Gasteiger partial charge in [-0.1, -0.05) is 17.7 Å². The Labute approximate surface area is 236 Å². The summed E-state index contributed by atoms with van der Waals surface area (Å²) in [5.41, 5.74) is 2.82. The van der Waals surface area contributed by atoms with Crippen molar-refractivity contribution in [2.75, 3.05) is 7.11 Å². The van der Waals surface area contributed by atoms with Crippen LogP contribution in [0.25, 0.3) is 0 Å². The van der Waals surface area contributed by atoms with E-state index in [0.717, 1.165) is 17.3 Å². The summed E-state index contributed by atoms with van der Waals surface area (Å²) in [5, 5.41) is 19.2. The van der Waals surface area contributed by atoms with Crippen LogP contribution in [0.5, 0.6) is 0 Å². The molecule has 0 amide bonds. The number of allylic oxidation sites excluding steroid dienone is 1. The number of rotatable bonds is 6. The number of halogens is 3. The van der Waals surface area contributed by atoms with Gasteiger partial charge in [0.2, 0.25) is 0 Å². The molecule has 1 aliphatic heterocycles. The van der Waals surface area contributed by atoms with Gasteiger partial charge in [-0.2, -0.15) is 5.10 Å². The number of thiazole rings is 1. The summed E-state index contributed by atoms with van der Waals surface area (Å²) in [5.74, 6) is -3.90. The average Bonchev–Trinajstić information content (AvgIpc) is 3.60. The first-order chi connectivity index (χ1) is 19.2. The fourth-order valence-corrected chi connectivity index (χ4v) is 6.46. The summed E-state index contributed by atoms with van der Waals surface area (Å²) in [6.45, 7) is 0. The van der Waals surface area contributed by atoms with Crippen LogP contribution in [0, 0.1) is 23.5 Å². The number of nitrogens with zero attached hydrogens (tertiary/aromatic N) is 4. The van der Waals surface area contributed by atoms with E-state index in [-0.39, 0.29) is 29.0 Å². The van der Waals surface area contributed by atoms with E-state index in [1.807, 2.05) is 10.9 Å². The Morgan fingerprint density at radius 2 is 2.08 bits per heavy atom. The van der Waals surface area contributed by atoms with Crippen molar-refractivity contribution in [2.24, 2.45) is 16.8 Å². The van der Waals surface area contributed by atoms with E-state index in [2.05, 4.69) is 10.3 Å². The molecule has 1 fully saturated rings. The number of methoxy groups -OCH3 is 1. The van der Waals surface area contributed by atoms with Gasteiger partial charge in [-0.3, -0.25) is 14.5 Å². The number of hydrogen-bond donors (Lipinski definition) is 2. The van der Waals surface area contributed by atoms with Gasteiger partial charge in [0.05, 0.1) is 35.4 Å². The topological polar surface area (TPSA) is 119 Å². The molecule has 3 heterocycles. The highest BCUT2D eigenvalue weighted by atomic mass is 35.5. The molecule has 1 saturated carbocycles. The highest BCUT2D eigenvalue weighted by Crippen LogP contribution is 2.43. The number of carbonyl (C=O) groups excluding carboxylic acids is 1. The Bertz CT molecular complexity index is 1560. The summed E-state index contributed by atoms with van der Waals surface area (Å²) in [7, 11) is 1.25. The van der Waals surface area contributed by atoms with Gasteiger partial charge in [-0.25, -0.2) is 18.6 Å². The minimum absolute atomic E-state index is 0.0475. The van der Waals surface area contributed by atoms with E-state index < -0.39 is 34.6 Å². The van der Waals surface area contributed by atoms with E-state index in [9.17, 15) is 23.5 Å². The van der Waals surface area contributed by atoms with E-state index in [4.69, 9.17) is 26.4 Å². The second-order valence-corrected chi connectivity index (χ2v) is 11.4. The minimum atomic E-state index is -1.22. The molecule has 3 aliphatic rings. The van der Waals surface area contributed by atoms with Crippen LogP contribution in [0.15, 0.2) is 46.2 Å². The largest absolute Gasteiger partial charge is 0.481 e. The van der Waals surface area contributed by atoms with Gasteiger partial charge in [0.25, 0.3) is 0 Å². The van der Waals surface area contributed by atoms with Gasteiger partial charge in [-0.05, 0) is 43.7 Å². The highest BCUT2D eigenvalue weighted by molar-refractivity contribution is 7.11. The fourth-order valence-electron chi connectivity index (χ4n) is 5.61. The van der Waals surface area contributed by atoms with E-state index in [0.29, 0.717) is 48.6 Å². The standard InChI is InChI=1S/C27H24ClF2N5O4S/c1-39-27(38)19-22(12-2-5-18-14(8-12)11-35(34-18)15-9-13(10-15)26(36)37)32-24(25-31-6-7-40-25)33-23(19)16-3-4-17(29)21(30)20(16)28/h3-4,6-7,11-13,15,23H,2,5,8-10H2,1H3,(H,32,33)(H,36,37)/t12?,13-,15+,23?. The van der Waals surface area contributed by atoms with Crippen LogP contribution in [0.4, 0.5) is 8.78 Å². The summed E-state index contributed by atoms with van der Waals surface area (Å²) < 4.78 is 35.5. The Balaban J connectivity index is 1.39. The molecule has 0 bridgehead atoms. The number of carboxylic acid groups (broad SMARTS) is 1. The van der Waals surface area contributed by atoms with E-state index >= 15 is 0 Å². The quantitative estimate of drug-likeness (QED) is 0.319. The third kappa shape index (κ3) is 4.58. The van der Waals surface area contributed by atoms with Gasteiger partial charge in [0.1, 0.15) is 6.04 Å². The number of hydrogen-bond acceptors (Lipinski definition) is 8. The molecule has 208 valence electrons. The lowest BCUT2D eigenvalue weighted by Crippen LogP contribution is -2.38. The van der Waals surface area contributed by atoms with E-state index in [1.54, 1.807) is 11.6 Å². The molecule has 0 saturated heterocycles.